The Kier molecular flexibility index (Phi) is 18.0. The molecule has 0 aliphatic carbocycles. The van der Waals surface area contributed by atoms with Gasteiger partial charge in [0, 0.05) is 17.7 Å². The fraction of sp³-hybridized carbons (Fsp3) is 0.167. The number of hydrogen-bond acceptors (Lipinski definition) is 4. The maximum absolute atomic E-state index is 8.76. The van der Waals surface area contributed by atoms with Gasteiger partial charge in [0.05, 0.1) is 6.10 Å². The molecule has 0 atom stereocenters. The van der Waals surface area contributed by atoms with Crippen LogP contribution in [0.2, 0.25) is 0 Å². The van der Waals surface area contributed by atoms with Crippen LogP contribution in [0.25, 0.3) is 0 Å². The number of aliphatic hydroxyl groups is 1. The highest BCUT2D eigenvalue weighted by atomic mass is 32.1. The van der Waals surface area contributed by atoms with Crippen molar-refractivity contribution >= 4 is 34.5 Å². The number of thiocarbonyl (C=S) groups is 2. The second-order valence-electron chi connectivity index (χ2n) is 4.49. The van der Waals surface area contributed by atoms with Crippen molar-refractivity contribution in [3.8, 4) is 6.57 Å². The molecular weight excluding hydrogens is 364 g/mol. The van der Waals surface area contributed by atoms with Crippen molar-refractivity contribution < 1.29 is 19.3 Å². The van der Waals surface area contributed by atoms with Gasteiger partial charge in [0.25, 0.3) is 0 Å². The Morgan fingerprint density at radius 2 is 1.24 bits per heavy atom. The van der Waals surface area contributed by atoms with Gasteiger partial charge in [0.1, 0.15) is 0 Å². The molecule has 2 rings (SSSR count). The Balaban J connectivity index is -0.000000336. The molecule has 0 aromatic heterocycles. The summed E-state index contributed by atoms with van der Waals surface area (Å²) in [5, 5.41) is 15.8. The molecule has 3 nitrogen and oxygen atoms in total. The first kappa shape index (κ1) is 27.4. The lowest BCUT2D eigenvalue weighted by molar-refractivity contribution is 0.236. The first-order valence-corrected chi connectivity index (χ1v) is 7.62. The summed E-state index contributed by atoms with van der Waals surface area (Å²) in [5.74, 6) is 0. The van der Waals surface area contributed by atoms with E-state index in [4.69, 9.17) is 27.3 Å². The van der Waals surface area contributed by atoms with Gasteiger partial charge in [0.15, 0.2) is 10.1 Å². The average molecular weight is 386 g/mol. The van der Waals surface area contributed by atoms with Crippen molar-refractivity contribution in [3.63, 3.8) is 0 Å². The molecule has 0 radical (unpaired) electrons. The molecule has 1 N–H and O–H groups in total. The van der Waals surface area contributed by atoms with Gasteiger partial charge >= 0.3 is 0 Å². The molecule has 2 aromatic rings. The molecule has 0 aliphatic rings. The number of nitriles is 1. The summed E-state index contributed by atoms with van der Waals surface area (Å²) in [6, 6.07) is 18.8. The fourth-order valence-corrected chi connectivity index (χ4v) is 1.90. The van der Waals surface area contributed by atoms with E-state index < -0.39 is 0 Å². The first-order valence-electron chi connectivity index (χ1n) is 6.81. The van der Waals surface area contributed by atoms with Crippen molar-refractivity contribution in [3.05, 3.63) is 71.8 Å². The molecule has 0 saturated carbocycles. The summed E-state index contributed by atoms with van der Waals surface area (Å²) in [6.45, 7) is 7.44. The van der Waals surface area contributed by atoms with Gasteiger partial charge in [-0.1, -0.05) is 60.7 Å². The minimum Gasteiger partial charge on any atom is -0.499 e. The van der Waals surface area contributed by atoms with Crippen molar-refractivity contribution in [1.29, 1.82) is 5.26 Å². The van der Waals surface area contributed by atoms with E-state index in [0.29, 0.717) is 10.6 Å². The average Bonchev–Trinajstić information content (AvgIpc) is 2.58. The molecule has 0 amide bonds. The summed E-state index contributed by atoms with van der Waals surface area (Å²) in [4.78, 5) is 0. The molecule has 136 valence electrons. The minimum atomic E-state index is -0.0457. The monoisotopic (exact) mass is 385 g/mol. The predicted octanol–water partition coefficient (Wildman–Crippen LogP) is 5.15. The molecule has 7 heteroatoms. The molecule has 0 heterocycles. The third-order valence-electron chi connectivity index (χ3n) is 2.37. The molecule has 0 unspecified atom stereocenters. The largest absolute Gasteiger partial charge is 0.499 e. The number of benzene rings is 2. The lowest BCUT2D eigenvalue weighted by atomic mass is 10.2. The van der Waals surface area contributed by atoms with E-state index in [9.17, 15) is 0 Å². The van der Waals surface area contributed by atoms with Gasteiger partial charge in [-0.15, -0.1) is 0 Å². The Labute approximate surface area is 157 Å². The second kappa shape index (κ2) is 16.4. The Morgan fingerprint density at radius 3 is 1.52 bits per heavy atom. The van der Waals surface area contributed by atoms with Crippen molar-refractivity contribution in [2.24, 2.45) is 0 Å². The zero-order valence-corrected chi connectivity index (χ0v) is 15.5. The lowest BCUT2D eigenvalue weighted by Crippen LogP contribution is -2.10. The highest BCUT2D eigenvalue weighted by molar-refractivity contribution is 7.80. The number of hydrogen-bond donors (Lipinski definition) is 1. The van der Waals surface area contributed by atoms with Crippen LogP contribution >= 0.6 is 24.4 Å². The van der Waals surface area contributed by atoms with E-state index in [2.05, 4.69) is 18.8 Å². The van der Waals surface area contributed by atoms with Crippen molar-refractivity contribution in [2.45, 2.75) is 20.0 Å². The second-order valence-corrected chi connectivity index (χ2v) is 5.25. The molecule has 25 heavy (non-hydrogen) atoms. The smallest absolute Gasteiger partial charge is 0.191 e. The molecule has 0 saturated heterocycles. The number of ether oxygens (including phenoxy) is 1. The summed E-state index contributed by atoms with van der Waals surface area (Å²) >= 11 is 9.59. The van der Waals surface area contributed by atoms with E-state index in [1.807, 2.05) is 62.4 Å². The SMILES string of the molecule is C#N.CC(C)OC(=S)c1ccccc1.F.F.OC(=S)c1ccccc1. The van der Waals surface area contributed by atoms with Crippen LogP contribution < -0.4 is 0 Å². The Bertz CT molecular complexity index is 621. The van der Waals surface area contributed by atoms with Crippen LogP contribution in [-0.2, 0) is 4.74 Å². The Hall–Kier alpha value is -2.43. The predicted molar refractivity (Wildman–Crippen MR) is 107 cm³/mol. The zero-order valence-electron chi connectivity index (χ0n) is 13.9. The third-order valence-corrected chi connectivity index (χ3v) is 2.94. The molecule has 0 fully saturated rings. The van der Waals surface area contributed by atoms with Crippen molar-refractivity contribution in [1.82, 2.24) is 0 Å². The van der Waals surface area contributed by atoms with Crippen LogP contribution in [-0.4, -0.2) is 21.3 Å². The van der Waals surface area contributed by atoms with Crippen LogP contribution in [0.1, 0.15) is 25.0 Å². The molecule has 0 spiro atoms. The van der Waals surface area contributed by atoms with Crippen LogP contribution in [0.15, 0.2) is 60.7 Å². The van der Waals surface area contributed by atoms with Crippen LogP contribution in [0.4, 0.5) is 9.41 Å². The van der Waals surface area contributed by atoms with Gasteiger partial charge in [-0.25, -0.2) is 5.26 Å². The fourth-order valence-electron chi connectivity index (χ4n) is 1.44. The highest BCUT2D eigenvalue weighted by Gasteiger charge is 2.02. The summed E-state index contributed by atoms with van der Waals surface area (Å²) < 4.78 is 5.37. The Morgan fingerprint density at radius 1 is 0.880 bits per heavy atom. The van der Waals surface area contributed by atoms with Crippen LogP contribution in [0.3, 0.4) is 0 Å². The number of rotatable bonds is 3. The van der Waals surface area contributed by atoms with E-state index in [1.54, 1.807) is 12.1 Å². The van der Waals surface area contributed by atoms with Gasteiger partial charge in [-0.2, -0.15) is 0 Å². The van der Waals surface area contributed by atoms with Gasteiger partial charge < -0.3 is 9.84 Å². The van der Waals surface area contributed by atoms with E-state index in [0.717, 1.165) is 5.56 Å². The summed E-state index contributed by atoms with van der Waals surface area (Å²) in [6.07, 6.45) is 0.151. The van der Waals surface area contributed by atoms with Gasteiger partial charge in [-0.3, -0.25) is 9.41 Å². The lowest BCUT2D eigenvalue weighted by Gasteiger charge is -2.09. The van der Waals surface area contributed by atoms with Crippen LogP contribution in [0.5, 0.6) is 0 Å². The van der Waals surface area contributed by atoms with E-state index in [-0.39, 0.29) is 20.6 Å². The quantitative estimate of drug-likeness (QED) is 0.741. The molecular formula is C18H21F2NO2S2. The maximum Gasteiger partial charge on any atom is 0.191 e. The van der Waals surface area contributed by atoms with E-state index >= 15 is 0 Å². The standard InChI is InChI=1S/C10H12OS.C7H6OS.CHN.2FH/c1-8(2)11-10(12)9-6-4-3-5-7-9;8-7(9)6-4-2-1-3-5-6;1-2;;/h3-8H,1-2H3;1-5H,(H,8,9);1H;2*1H. The molecule has 0 aliphatic heterocycles. The minimum absolute atomic E-state index is 0. The highest BCUT2D eigenvalue weighted by Crippen LogP contribution is 2.04. The van der Waals surface area contributed by atoms with Crippen molar-refractivity contribution in [2.75, 3.05) is 0 Å². The zero-order chi connectivity index (χ0) is 17.7. The maximum atomic E-state index is 8.76. The number of nitrogens with zero attached hydrogens (tertiary/aromatic N) is 1. The summed E-state index contributed by atoms with van der Waals surface area (Å²) in [7, 11) is 0. The third kappa shape index (κ3) is 12.6. The number of aliphatic hydroxyl groups excluding tert-OH is 1. The molecule has 2 aromatic carbocycles. The van der Waals surface area contributed by atoms with Gasteiger partial charge in [0.2, 0.25) is 0 Å². The summed E-state index contributed by atoms with van der Waals surface area (Å²) in [5.41, 5.74) is 1.67. The topological polar surface area (TPSA) is 53.2 Å². The normalized spacial score (nSPS) is 8.04. The number of halogens is 2. The van der Waals surface area contributed by atoms with Crippen LogP contribution in [0, 0.1) is 11.8 Å². The molecule has 0 bridgehead atoms. The van der Waals surface area contributed by atoms with Gasteiger partial charge in [-0.05, 0) is 38.3 Å². The first-order chi connectivity index (χ1) is 11.0. The van der Waals surface area contributed by atoms with E-state index in [1.165, 1.54) is 0 Å².